The first-order chi connectivity index (χ1) is 13.5. The Hall–Kier alpha value is -2.32. The molecule has 5 nitrogen and oxygen atoms in total. The van der Waals surface area contributed by atoms with E-state index in [9.17, 15) is 18.0 Å². The van der Waals surface area contributed by atoms with Gasteiger partial charge in [-0.3, -0.25) is 4.79 Å². The van der Waals surface area contributed by atoms with Gasteiger partial charge in [0.15, 0.2) is 5.65 Å². The summed E-state index contributed by atoms with van der Waals surface area (Å²) in [5, 5.41) is 7.51. The van der Waals surface area contributed by atoms with Crippen LogP contribution < -0.4 is 5.32 Å². The van der Waals surface area contributed by atoms with Crippen LogP contribution in [0.1, 0.15) is 31.1 Å². The minimum Gasteiger partial charge on any atom is -0.367 e. The van der Waals surface area contributed by atoms with Crippen LogP contribution in [0, 0.1) is 5.92 Å². The van der Waals surface area contributed by atoms with E-state index in [0.29, 0.717) is 22.0 Å². The Morgan fingerprint density at radius 1 is 1.17 bits per heavy atom. The zero-order chi connectivity index (χ0) is 21.5. The van der Waals surface area contributed by atoms with Crippen LogP contribution in [0.25, 0.3) is 16.8 Å². The van der Waals surface area contributed by atoms with E-state index in [-0.39, 0.29) is 22.8 Å². The quantitative estimate of drug-likeness (QED) is 0.392. The van der Waals surface area contributed by atoms with E-state index in [1.165, 1.54) is 0 Å². The zero-order valence-corrected chi connectivity index (χ0v) is 17.2. The molecule has 0 amide bonds. The summed E-state index contributed by atoms with van der Waals surface area (Å²) in [5.41, 5.74) is -0.0467. The number of carbonyl (C=O) groups excluding carboxylic acids is 1. The van der Waals surface area contributed by atoms with Crippen LogP contribution in [0.4, 0.5) is 19.0 Å². The number of aromatic nitrogens is 3. The fourth-order valence-electron chi connectivity index (χ4n) is 2.70. The molecule has 3 aromatic rings. The summed E-state index contributed by atoms with van der Waals surface area (Å²) in [6.07, 6.45) is -4.21. The first kappa shape index (κ1) is 21.4. The molecule has 0 aliphatic rings. The highest BCUT2D eigenvalue weighted by atomic mass is 35.5. The molecule has 1 atom stereocenters. The molecule has 0 saturated heterocycles. The van der Waals surface area contributed by atoms with E-state index in [1.807, 2.05) is 20.8 Å². The lowest BCUT2D eigenvalue weighted by Crippen LogP contribution is -2.25. The molecule has 3 rings (SSSR count). The normalized spacial score (nSPS) is 13.1. The van der Waals surface area contributed by atoms with Gasteiger partial charge in [0.25, 0.3) is 5.78 Å². The van der Waals surface area contributed by atoms with Crippen LogP contribution in [0.5, 0.6) is 0 Å². The fourth-order valence-corrected chi connectivity index (χ4v) is 3.20. The highest BCUT2D eigenvalue weighted by Crippen LogP contribution is 2.39. The molecule has 2 heterocycles. The summed E-state index contributed by atoms with van der Waals surface area (Å²) in [6, 6.07) is 6.77. The van der Waals surface area contributed by atoms with Crippen molar-refractivity contribution >= 4 is 40.5 Å². The van der Waals surface area contributed by atoms with Gasteiger partial charge in [0.05, 0.1) is 17.3 Å². The van der Waals surface area contributed by atoms with Gasteiger partial charge >= 0.3 is 6.18 Å². The lowest BCUT2D eigenvalue weighted by Gasteiger charge is -2.22. The second-order valence-corrected chi connectivity index (χ2v) is 7.67. The number of Topliss-reactive ketones (excluding diaryl/α,β-unsaturated/α-hetero) is 1. The van der Waals surface area contributed by atoms with E-state index in [4.69, 9.17) is 23.2 Å². The van der Waals surface area contributed by atoms with Gasteiger partial charge in [-0.25, -0.2) is 4.98 Å². The predicted molar refractivity (Wildman–Crippen MR) is 107 cm³/mol. The van der Waals surface area contributed by atoms with Crippen molar-refractivity contribution in [2.24, 2.45) is 5.92 Å². The lowest BCUT2D eigenvalue weighted by molar-refractivity contribution is -0.0884. The van der Waals surface area contributed by atoms with Gasteiger partial charge in [0.1, 0.15) is 11.0 Å². The van der Waals surface area contributed by atoms with Crippen LogP contribution in [0.3, 0.4) is 0 Å². The number of fused-ring (bicyclic) bond motifs is 1. The number of nitrogens with zero attached hydrogens (tertiary/aromatic N) is 3. The molecule has 0 aliphatic carbocycles. The van der Waals surface area contributed by atoms with E-state index in [2.05, 4.69) is 15.4 Å². The number of nitrogens with one attached hydrogen (secondary N) is 1. The fraction of sp³-hybridized carbons (Fsp3) is 0.316. The average molecular weight is 445 g/mol. The minimum atomic E-state index is -5.06. The third kappa shape index (κ3) is 4.04. The molecular formula is C19H17Cl2F3N4O. The van der Waals surface area contributed by atoms with E-state index < -0.39 is 17.5 Å². The van der Waals surface area contributed by atoms with Crippen molar-refractivity contribution in [3.63, 3.8) is 0 Å². The van der Waals surface area contributed by atoms with Crippen molar-refractivity contribution < 1.29 is 18.0 Å². The number of rotatable bonds is 5. The topological polar surface area (TPSA) is 59.3 Å². The van der Waals surface area contributed by atoms with Gasteiger partial charge < -0.3 is 5.32 Å². The molecule has 1 aromatic carbocycles. The van der Waals surface area contributed by atoms with Crippen molar-refractivity contribution in [2.45, 2.75) is 33.0 Å². The maximum Gasteiger partial charge on any atom is 0.455 e. The van der Waals surface area contributed by atoms with E-state index in [0.717, 1.165) is 10.7 Å². The molecule has 2 aromatic heterocycles. The van der Waals surface area contributed by atoms with Crippen molar-refractivity contribution in [1.29, 1.82) is 0 Å². The molecule has 1 unspecified atom stereocenters. The minimum absolute atomic E-state index is 0.0936. The van der Waals surface area contributed by atoms with Crippen molar-refractivity contribution in [1.82, 2.24) is 14.6 Å². The van der Waals surface area contributed by atoms with E-state index >= 15 is 0 Å². The van der Waals surface area contributed by atoms with Crippen LogP contribution in [-0.4, -0.2) is 32.6 Å². The van der Waals surface area contributed by atoms with Crippen LogP contribution in [-0.2, 0) is 0 Å². The Balaban J connectivity index is 2.33. The van der Waals surface area contributed by atoms with E-state index in [1.54, 1.807) is 24.3 Å². The molecule has 1 N–H and O–H groups in total. The molecule has 0 fully saturated rings. The number of anilines is 1. The highest BCUT2D eigenvalue weighted by Gasteiger charge is 2.41. The van der Waals surface area contributed by atoms with Gasteiger partial charge in [-0.2, -0.15) is 22.8 Å². The van der Waals surface area contributed by atoms with Crippen LogP contribution in [0.2, 0.25) is 10.2 Å². The summed E-state index contributed by atoms with van der Waals surface area (Å²) in [4.78, 5) is 15.8. The monoisotopic (exact) mass is 444 g/mol. The number of hydrogen-bond acceptors (Lipinski definition) is 4. The summed E-state index contributed by atoms with van der Waals surface area (Å²) >= 11 is 12.7. The molecule has 0 saturated carbocycles. The maximum absolute atomic E-state index is 13.0. The van der Waals surface area contributed by atoms with Gasteiger partial charge in [0.2, 0.25) is 0 Å². The summed E-state index contributed by atoms with van der Waals surface area (Å²) in [7, 11) is 0. The molecule has 154 valence electrons. The summed E-state index contributed by atoms with van der Waals surface area (Å²) in [6.45, 7) is 5.87. The molecule has 0 aliphatic heterocycles. The average Bonchev–Trinajstić information content (AvgIpc) is 3.04. The zero-order valence-electron chi connectivity index (χ0n) is 15.7. The number of halogens is 5. The number of benzene rings is 1. The van der Waals surface area contributed by atoms with Crippen molar-refractivity contribution in [3.8, 4) is 11.1 Å². The number of ketones is 1. The largest absolute Gasteiger partial charge is 0.455 e. The lowest BCUT2D eigenvalue weighted by atomic mass is 10.0. The molecule has 0 spiro atoms. The predicted octanol–water partition coefficient (Wildman–Crippen LogP) is 5.90. The van der Waals surface area contributed by atoms with Gasteiger partial charge in [-0.1, -0.05) is 55.2 Å². The molecule has 29 heavy (non-hydrogen) atoms. The highest BCUT2D eigenvalue weighted by molar-refractivity contribution is 6.36. The van der Waals surface area contributed by atoms with Crippen LogP contribution >= 0.6 is 23.2 Å². The Morgan fingerprint density at radius 3 is 2.41 bits per heavy atom. The first-order valence-corrected chi connectivity index (χ1v) is 9.48. The third-order valence-electron chi connectivity index (χ3n) is 4.61. The maximum atomic E-state index is 13.0. The molecular weight excluding hydrogens is 428 g/mol. The van der Waals surface area contributed by atoms with Gasteiger partial charge in [-0.15, -0.1) is 0 Å². The molecule has 10 heteroatoms. The van der Waals surface area contributed by atoms with Crippen LogP contribution in [0.15, 0.2) is 30.5 Å². The standard InChI is InChI=1S/C19H17Cl2F3N4O/c1-9(2)10(3)26-18-14(11-6-4-5-7-13(11)20)16(21)27-17-12(8-25-28(17)18)15(29)19(22,23)24/h4-10,26H,1-3H3. The molecule has 0 bridgehead atoms. The van der Waals surface area contributed by atoms with Gasteiger partial charge in [-0.05, 0) is 18.9 Å². The van der Waals surface area contributed by atoms with Crippen molar-refractivity contribution in [3.05, 3.63) is 46.2 Å². The molecule has 0 radical (unpaired) electrons. The smallest absolute Gasteiger partial charge is 0.367 e. The second-order valence-electron chi connectivity index (χ2n) is 6.90. The number of hydrogen-bond donors (Lipinski definition) is 1. The third-order valence-corrected chi connectivity index (χ3v) is 5.22. The Bertz CT molecular complexity index is 1080. The summed E-state index contributed by atoms with van der Waals surface area (Å²) in [5.74, 6) is -1.55. The first-order valence-electron chi connectivity index (χ1n) is 8.72. The Morgan fingerprint density at radius 2 is 1.83 bits per heavy atom. The SMILES string of the molecule is CC(C)C(C)Nc1c(-c2ccccc2Cl)c(Cl)nc2c(C(=O)C(F)(F)F)cnn12. The van der Waals surface area contributed by atoms with Crippen molar-refractivity contribution in [2.75, 3.05) is 5.32 Å². The Kier molecular flexibility index (Phi) is 5.78. The second kappa shape index (κ2) is 7.84. The summed E-state index contributed by atoms with van der Waals surface area (Å²) < 4.78 is 40.1. The number of alkyl halides is 3. The Labute approximate surface area is 174 Å². The van der Waals surface area contributed by atoms with Gasteiger partial charge in [0, 0.05) is 16.6 Å². The number of carbonyl (C=O) groups is 1.